The second-order valence-electron chi connectivity index (χ2n) is 6.64. The van der Waals surface area contributed by atoms with Gasteiger partial charge in [-0.25, -0.2) is 4.98 Å². The number of carbonyl (C=O) groups excluding carboxylic acids is 1. The first-order valence-electron chi connectivity index (χ1n) is 9.89. The summed E-state index contributed by atoms with van der Waals surface area (Å²) in [6.07, 6.45) is 2.05. The number of fused-ring (bicyclic) bond motifs is 1. The molecule has 0 bridgehead atoms. The maximum atomic E-state index is 13.1. The Kier molecular flexibility index (Phi) is 8.39. The van der Waals surface area contributed by atoms with Crippen LogP contribution in [0.4, 0.5) is 5.13 Å². The van der Waals surface area contributed by atoms with Crippen molar-refractivity contribution < 1.29 is 9.53 Å². The molecule has 2 aromatic carbocycles. The van der Waals surface area contributed by atoms with E-state index in [-0.39, 0.29) is 12.5 Å². The normalized spacial score (nSPS) is 11.2. The molecule has 1 heterocycles. The van der Waals surface area contributed by atoms with Crippen molar-refractivity contribution in [3.05, 3.63) is 47.5 Å². The molecule has 1 amide bonds. The first kappa shape index (κ1) is 22.9. The zero-order valence-electron chi connectivity index (χ0n) is 17.4. The SMILES string of the molecule is CCN(CC)CCN(C(=O)COc1ccc(Cl)cc1)c1nc2ccc(SC)cc2s1. The number of likely N-dealkylation sites (N-methyl/N-ethyl adjacent to an activating group) is 1. The van der Waals surface area contributed by atoms with Gasteiger partial charge in [-0.3, -0.25) is 9.69 Å². The van der Waals surface area contributed by atoms with Crippen molar-refractivity contribution in [3.8, 4) is 5.75 Å². The number of aromatic nitrogens is 1. The summed E-state index contributed by atoms with van der Waals surface area (Å²) < 4.78 is 6.79. The van der Waals surface area contributed by atoms with Gasteiger partial charge in [0.2, 0.25) is 0 Å². The number of nitrogens with zero attached hydrogens (tertiary/aromatic N) is 3. The fourth-order valence-corrected chi connectivity index (χ4v) is 4.69. The van der Waals surface area contributed by atoms with Crippen molar-refractivity contribution in [1.82, 2.24) is 9.88 Å². The molecule has 0 N–H and O–H groups in total. The van der Waals surface area contributed by atoms with Gasteiger partial charge in [0.15, 0.2) is 11.7 Å². The highest BCUT2D eigenvalue weighted by Crippen LogP contribution is 2.31. The molecule has 3 aromatic rings. The third kappa shape index (κ3) is 5.88. The van der Waals surface area contributed by atoms with E-state index in [9.17, 15) is 4.79 Å². The molecule has 0 aliphatic carbocycles. The number of halogens is 1. The summed E-state index contributed by atoms with van der Waals surface area (Å²) in [6.45, 7) is 7.44. The van der Waals surface area contributed by atoms with Crippen LogP contribution in [0, 0.1) is 0 Å². The zero-order valence-corrected chi connectivity index (χ0v) is 19.8. The Morgan fingerprint density at radius 3 is 2.53 bits per heavy atom. The minimum Gasteiger partial charge on any atom is -0.484 e. The van der Waals surface area contributed by atoms with E-state index in [4.69, 9.17) is 21.3 Å². The summed E-state index contributed by atoms with van der Waals surface area (Å²) in [5.41, 5.74) is 0.909. The molecular weight excluding hydrogens is 438 g/mol. The lowest BCUT2D eigenvalue weighted by molar-refractivity contribution is -0.120. The van der Waals surface area contributed by atoms with Crippen molar-refractivity contribution in [1.29, 1.82) is 0 Å². The van der Waals surface area contributed by atoms with Crippen LogP contribution in [-0.4, -0.2) is 54.8 Å². The number of thioether (sulfide) groups is 1. The van der Waals surface area contributed by atoms with E-state index >= 15 is 0 Å². The fraction of sp³-hybridized carbons (Fsp3) is 0.364. The molecular formula is C22H26ClN3O2S2. The molecule has 0 spiro atoms. The number of carbonyl (C=O) groups is 1. The predicted octanol–water partition coefficient (Wildman–Crippen LogP) is 5.43. The largest absolute Gasteiger partial charge is 0.484 e. The van der Waals surface area contributed by atoms with Gasteiger partial charge in [0.25, 0.3) is 5.91 Å². The summed E-state index contributed by atoms with van der Waals surface area (Å²) >= 11 is 9.16. The molecule has 30 heavy (non-hydrogen) atoms. The highest BCUT2D eigenvalue weighted by Gasteiger charge is 2.21. The van der Waals surface area contributed by atoms with Crippen LogP contribution in [0.2, 0.25) is 5.02 Å². The first-order chi connectivity index (χ1) is 14.5. The van der Waals surface area contributed by atoms with Crippen LogP contribution in [0.25, 0.3) is 10.2 Å². The average molecular weight is 464 g/mol. The van der Waals surface area contributed by atoms with Crippen molar-refractivity contribution in [2.75, 3.05) is 43.9 Å². The van der Waals surface area contributed by atoms with Crippen LogP contribution in [-0.2, 0) is 4.79 Å². The van der Waals surface area contributed by atoms with Gasteiger partial charge in [0.1, 0.15) is 5.75 Å². The Morgan fingerprint density at radius 2 is 1.87 bits per heavy atom. The molecule has 160 valence electrons. The highest BCUT2D eigenvalue weighted by molar-refractivity contribution is 7.98. The first-order valence-corrected chi connectivity index (χ1v) is 12.3. The van der Waals surface area contributed by atoms with Gasteiger partial charge in [-0.05, 0) is 61.8 Å². The zero-order chi connectivity index (χ0) is 21.5. The van der Waals surface area contributed by atoms with E-state index in [2.05, 4.69) is 37.1 Å². The maximum absolute atomic E-state index is 13.1. The van der Waals surface area contributed by atoms with Gasteiger partial charge in [0, 0.05) is 23.0 Å². The standard InChI is InChI=1S/C22H26ClN3O2S2/c1-4-25(5-2)12-13-26(21(27)15-28-17-8-6-16(23)7-9-17)22-24-19-11-10-18(29-3)14-20(19)30-22/h6-11,14H,4-5,12-13,15H2,1-3H3. The molecule has 8 heteroatoms. The Labute approximate surface area is 191 Å². The number of hydrogen-bond donors (Lipinski definition) is 0. The van der Waals surface area contributed by atoms with Crippen molar-refractivity contribution in [2.45, 2.75) is 18.7 Å². The molecule has 0 atom stereocenters. The Morgan fingerprint density at radius 1 is 1.13 bits per heavy atom. The van der Waals surface area contributed by atoms with Crippen molar-refractivity contribution >= 4 is 56.0 Å². The minimum absolute atomic E-state index is 0.0497. The number of thiazole rings is 1. The van der Waals surface area contributed by atoms with Gasteiger partial charge >= 0.3 is 0 Å². The Hall–Kier alpha value is -1.80. The number of anilines is 1. The van der Waals surface area contributed by atoms with Crippen LogP contribution < -0.4 is 9.64 Å². The minimum atomic E-state index is -0.110. The molecule has 1 aromatic heterocycles. The maximum Gasteiger partial charge on any atom is 0.266 e. The third-order valence-electron chi connectivity index (χ3n) is 4.83. The van der Waals surface area contributed by atoms with Crippen LogP contribution in [0.5, 0.6) is 5.75 Å². The van der Waals surface area contributed by atoms with Crippen LogP contribution in [0.1, 0.15) is 13.8 Å². The second kappa shape index (κ2) is 11.0. The summed E-state index contributed by atoms with van der Waals surface area (Å²) in [6, 6.07) is 13.2. The van der Waals surface area contributed by atoms with Crippen molar-refractivity contribution in [3.63, 3.8) is 0 Å². The molecule has 0 aliphatic heterocycles. The third-order valence-corrected chi connectivity index (χ3v) is 6.84. The summed E-state index contributed by atoms with van der Waals surface area (Å²) in [7, 11) is 0. The average Bonchev–Trinajstić information content (AvgIpc) is 3.19. The number of amides is 1. The van der Waals surface area contributed by atoms with E-state index in [1.807, 2.05) is 6.07 Å². The van der Waals surface area contributed by atoms with Crippen molar-refractivity contribution in [2.24, 2.45) is 0 Å². The van der Waals surface area contributed by atoms with Gasteiger partial charge in [-0.1, -0.05) is 36.8 Å². The van der Waals surface area contributed by atoms with E-state index in [1.165, 1.54) is 4.90 Å². The topological polar surface area (TPSA) is 45.7 Å². The molecule has 0 saturated carbocycles. The second-order valence-corrected chi connectivity index (χ2v) is 8.97. The lowest BCUT2D eigenvalue weighted by Gasteiger charge is -2.24. The van der Waals surface area contributed by atoms with E-state index in [0.29, 0.717) is 22.4 Å². The molecule has 0 aliphatic rings. The number of benzene rings is 2. The van der Waals surface area contributed by atoms with E-state index in [0.717, 1.165) is 29.9 Å². The number of hydrogen-bond acceptors (Lipinski definition) is 6. The summed E-state index contributed by atoms with van der Waals surface area (Å²) in [5.74, 6) is 0.506. The molecule has 0 fully saturated rings. The van der Waals surface area contributed by atoms with Gasteiger partial charge < -0.3 is 9.64 Å². The summed E-state index contributed by atoms with van der Waals surface area (Å²) in [5, 5.41) is 1.34. The van der Waals surface area contributed by atoms with Gasteiger partial charge in [-0.15, -0.1) is 11.8 Å². The number of ether oxygens (including phenoxy) is 1. The molecule has 0 unspecified atom stereocenters. The van der Waals surface area contributed by atoms with Crippen LogP contribution >= 0.6 is 34.7 Å². The summed E-state index contributed by atoms with van der Waals surface area (Å²) in [4.78, 5) is 23.0. The highest BCUT2D eigenvalue weighted by atomic mass is 35.5. The fourth-order valence-electron chi connectivity index (χ4n) is 3.00. The number of rotatable bonds is 10. The predicted molar refractivity (Wildman–Crippen MR) is 128 cm³/mol. The van der Waals surface area contributed by atoms with Crippen LogP contribution in [0.3, 0.4) is 0 Å². The molecule has 5 nitrogen and oxygen atoms in total. The van der Waals surface area contributed by atoms with Gasteiger partial charge in [-0.2, -0.15) is 0 Å². The Balaban J connectivity index is 1.79. The van der Waals surface area contributed by atoms with Crippen LogP contribution in [0.15, 0.2) is 47.4 Å². The van der Waals surface area contributed by atoms with E-state index in [1.54, 1.807) is 52.3 Å². The molecule has 0 saturated heterocycles. The monoisotopic (exact) mass is 463 g/mol. The molecule has 0 radical (unpaired) electrons. The Bertz CT molecular complexity index is 974. The van der Waals surface area contributed by atoms with Gasteiger partial charge in [0.05, 0.1) is 10.2 Å². The lowest BCUT2D eigenvalue weighted by atomic mass is 10.3. The lowest BCUT2D eigenvalue weighted by Crippen LogP contribution is -2.41. The smallest absolute Gasteiger partial charge is 0.266 e. The quantitative estimate of drug-likeness (QED) is 0.375. The van der Waals surface area contributed by atoms with E-state index < -0.39 is 0 Å². The molecule has 3 rings (SSSR count).